The van der Waals surface area contributed by atoms with Crippen molar-refractivity contribution in [2.45, 2.75) is 19.4 Å². The number of carbonyl (C=O) groups is 1. The van der Waals surface area contributed by atoms with Gasteiger partial charge in [0.05, 0.1) is 6.61 Å². The molecule has 2 N–H and O–H groups in total. The van der Waals surface area contributed by atoms with E-state index in [9.17, 15) is 4.79 Å². The fraction of sp³-hybridized carbons (Fsp3) is 0.632. The number of hydrogen-bond donors (Lipinski definition) is 2. The van der Waals surface area contributed by atoms with Crippen molar-refractivity contribution in [3.05, 3.63) is 30.3 Å². The van der Waals surface area contributed by atoms with Crippen molar-refractivity contribution in [3.8, 4) is 0 Å². The molecular formula is C19H30N4O2. The highest BCUT2D eigenvalue weighted by Gasteiger charge is 2.20. The summed E-state index contributed by atoms with van der Waals surface area (Å²) >= 11 is 0. The number of nitrogens with one attached hydrogen (secondary N) is 2. The molecule has 0 saturated carbocycles. The quantitative estimate of drug-likeness (QED) is 0.820. The summed E-state index contributed by atoms with van der Waals surface area (Å²) in [6.07, 6.45) is 1.04. The summed E-state index contributed by atoms with van der Waals surface area (Å²) in [5, 5.41) is 6.01. The van der Waals surface area contributed by atoms with Gasteiger partial charge >= 0.3 is 6.03 Å². The minimum absolute atomic E-state index is 0.0673. The van der Waals surface area contributed by atoms with Gasteiger partial charge in [0.15, 0.2) is 0 Å². The highest BCUT2D eigenvalue weighted by molar-refractivity contribution is 5.74. The molecule has 6 heteroatoms. The van der Waals surface area contributed by atoms with E-state index < -0.39 is 0 Å². The summed E-state index contributed by atoms with van der Waals surface area (Å²) in [5.41, 5.74) is 1.29. The van der Waals surface area contributed by atoms with Gasteiger partial charge in [-0.3, -0.25) is 4.90 Å². The van der Waals surface area contributed by atoms with E-state index in [0.29, 0.717) is 12.5 Å². The zero-order chi connectivity index (χ0) is 17.5. The molecule has 2 aliphatic heterocycles. The number of ether oxygens (including phenoxy) is 1. The van der Waals surface area contributed by atoms with Crippen LogP contribution < -0.4 is 15.5 Å². The van der Waals surface area contributed by atoms with Crippen LogP contribution in [0, 0.1) is 5.92 Å². The second-order valence-corrected chi connectivity index (χ2v) is 7.11. The van der Waals surface area contributed by atoms with Gasteiger partial charge in [0, 0.05) is 63.5 Å². The number of carbonyl (C=O) groups excluding carboxylic acids is 1. The third-order valence-electron chi connectivity index (χ3n) is 4.98. The Balaban J connectivity index is 1.33. The number of hydrogen-bond acceptors (Lipinski definition) is 4. The standard InChI is InChI=1S/C19H30N4O2/c1-16(21-19(24)20-13-17-7-12-25-15-17)14-22-8-10-23(11-9-22)18-5-3-2-4-6-18/h2-6,16-17H,7-15H2,1H3,(H2,20,21,24)/t16-,17-/m1/s1. The van der Waals surface area contributed by atoms with Crippen molar-refractivity contribution < 1.29 is 9.53 Å². The lowest BCUT2D eigenvalue weighted by Crippen LogP contribution is -2.52. The Bertz CT molecular complexity index is 525. The fourth-order valence-electron chi connectivity index (χ4n) is 3.52. The lowest BCUT2D eigenvalue weighted by Gasteiger charge is -2.37. The Kier molecular flexibility index (Phi) is 6.53. The van der Waals surface area contributed by atoms with Crippen LogP contribution in [0.15, 0.2) is 30.3 Å². The molecule has 25 heavy (non-hydrogen) atoms. The molecule has 3 rings (SSSR count). The molecule has 2 fully saturated rings. The third kappa shape index (κ3) is 5.61. The Morgan fingerprint density at radius 2 is 2.00 bits per heavy atom. The number of para-hydroxylation sites is 1. The molecule has 0 bridgehead atoms. The number of nitrogens with zero attached hydrogens (tertiary/aromatic N) is 2. The molecule has 0 radical (unpaired) electrons. The summed E-state index contributed by atoms with van der Waals surface area (Å²) in [6, 6.07) is 10.6. The molecular weight excluding hydrogens is 316 g/mol. The number of urea groups is 1. The van der Waals surface area contributed by atoms with Crippen molar-refractivity contribution >= 4 is 11.7 Å². The van der Waals surface area contributed by atoms with E-state index in [2.05, 4.69) is 57.7 Å². The highest BCUT2D eigenvalue weighted by atomic mass is 16.5. The Hall–Kier alpha value is -1.79. The van der Waals surface area contributed by atoms with Gasteiger partial charge in [0.25, 0.3) is 0 Å². The number of piperazine rings is 1. The fourth-order valence-corrected chi connectivity index (χ4v) is 3.52. The highest BCUT2D eigenvalue weighted by Crippen LogP contribution is 2.15. The van der Waals surface area contributed by atoms with Crippen molar-refractivity contribution in [2.24, 2.45) is 5.92 Å². The van der Waals surface area contributed by atoms with Gasteiger partial charge in [0.1, 0.15) is 0 Å². The average Bonchev–Trinajstić information content (AvgIpc) is 3.15. The number of anilines is 1. The maximum atomic E-state index is 12.0. The van der Waals surface area contributed by atoms with Crippen LogP contribution in [0.2, 0.25) is 0 Å². The lowest BCUT2D eigenvalue weighted by atomic mass is 10.1. The molecule has 2 heterocycles. The molecule has 2 aliphatic rings. The van der Waals surface area contributed by atoms with Crippen LogP contribution in [0.4, 0.5) is 10.5 Å². The first kappa shape index (κ1) is 18.0. The molecule has 0 spiro atoms. The van der Waals surface area contributed by atoms with Crippen molar-refractivity contribution in [1.29, 1.82) is 0 Å². The van der Waals surface area contributed by atoms with Gasteiger partial charge in [-0.25, -0.2) is 4.79 Å². The van der Waals surface area contributed by atoms with Crippen LogP contribution in [0.3, 0.4) is 0 Å². The maximum Gasteiger partial charge on any atom is 0.315 e. The van der Waals surface area contributed by atoms with Gasteiger partial charge in [-0.05, 0) is 25.5 Å². The summed E-state index contributed by atoms with van der Waals surface area (Å²) < 4.78 is 5.33. The number of rotatable bonds is 6. The van der Waals surface area contributed by atoms with Gasteiger partial charge in [-0.2, -0.15) is 0 Å². The van der Waals surface area contributed by atoms with E-state index in [1.54, 1.807) is 0 Å². The van der Waals surface area contributed by atoms with Crippen LogP contribution in [0.5, 0.6) is 0 Å². The monoisotopic (exact) mass is 346 g/mol. The van der Waals surface area contributed by atoms with Crippen LogP contribution >= 0.6 is 0 Å². The van der Waals surface area contributed by atoms with E-state index in [1.165, 1.54) is 5.69 Å². The average molecular weight is 346 g/mol. The second kappa shape index (κ2) is 9.06. The van der Waals surface area contributed by atoms with Crippen molar-refractivity contribution in [3.63, 3.8) is 0 Å². The van der Waals surface area contributed by atoms with E-state index in [4.69, 9.17) is 4.74 Å². The van der Waals surface area contributed by atoms with Crippen LogP contribution in [-0.4, -0.2) is 69.5 Å². The predicted molar refractivity (Wildman–Crippen MR) is 100 cm³/mol. The smallest absolute Gasteiger partial charge is 0.315 e. The van der Waals surface area contributed by atoms with Gasteiger partial charge in [-0.1, -0.05) is 18.2 Å². The molecule has 0 aromatic heterocycles. The first-order chi connectivity index (χ1) is 12.2. The minimum Gasteiger partial charge on any atom is -0.381 e. The Labute approximate surface area is 150 Å². The minimum atomic E-state index is -0.0673. The zero-order valence-corrected chi connectivity index (χ0v) is 15.1. The molecule has 6 nitrogen and oxygen atoms in total. The third-order valence-corrected chi connectivity index (χ3v) is 4.98. The Morgan fingerprint density at radius 3 is 2.68 bits per heavy atom. The molecule has 2 atom stereocenters. The first-order valence-corrected chi connectivity index (χ1v) is 9.35. The normalized spacial score (nSPS) is 22.6. The van der Waals surface area contributed by atoms with E-state index in [1.807, 2.05) is 0 Å². The molecule has 2 saturated heterocycles. The predicted octanol–water partition coefficient (Wildman–Crippen LogP) is 1.53. The van der Waals surface area contributed by atoms with Crippen molar-refractivity contribution in [1.82, 2.24) is 15.5 Å². The Morgan fingerprint density at radius 1 is 1.24 bits per heavy atom. The number of amides is 2. The molecule has 1 aromatic carbocycles. The van der Waals surface area contributed by atoms with Gasteiger partial charge in [0.2, 0.25) is 0 Å². The summed E-state index contributed by atoms with van der Waals surface area (Å²) in [7, 11) is 0. The zero-order valence-electron chi connectivity index (χ0n) is 15.1. The molecule has 0 aliphatic carbocycles. The number of benzene rings is 1. The first-order valence-electron chi connectivity index (χ1n) is 9.35. The van der Waals surface area contributed by atoms with Crippen molar-refractivity contribution in [2.75, 3.05) is 57.4 Å². The largest absolute Gasteiger partial charge is 0.381 e. The second-order valence-electron chi connectivity index (χ2n) is 7.11. The lowest BCUT2D eigenvalue weighted by molar-refractivity contribution is 0.184. The van der Waals surface area contributed by atoms with Crippen LogP contribution in [0.25, 0.3) is 0 Å². The SMILES string of the molecule is C[C@H](CN1CCN(c2ccccc2)CC1)NC(=O)NC[C@H]1CCOC1. The van der Waals surface area contributed by atoms with E-state index >= 15 is 0 Å². The van der Waals surface area contributed by atoms with Gasteiger partial charge in [-0.15, -0.1) is 0 Å². The molecule has 2 amide bonds. The van der Waals surface area contributed by atoms with E-state index in [0.717, 1.165) is 52.4 Å². The van der Waals surface area contributed by atoms with Crippen LogP contribution in [0.1, 0.15) is 13.3 Å². The van der Waals surface area contributed by atoms with E-state index in [-0.39, 0.29) is 12.1 Å². The molecule has 138 valence electrons. The maximum absolute atomic E-state index is 12.0. The summed E-state index contributed by atoms with van der Waals surface area (Å²) in [6.45, 7) is 9.37. The molecule has 1 aromatic rings. The summed E-state index contributed by atoms with van der Waals surface area (Å²) in [4.78, 5) is 16.8. The summed E-state index contributed by atoms with van der Waals surface area (Å²) in [5.74, 6) is 0.465. The molecule has 0 unspecified atom stereocenters. The topological polar surface area (TPSA) is 56.8 Å². The van der Waals surface area contributed by atoms with Crippen LogP contribution in [-0.2, 0) is 4.74 Å². The van der Waals surface area contributed by atoms with Gasteiger partial charge < -0.3 is 20.3 Å².